The van der Waals surface area contributed by atoms with E-state index >= 15 is 0 Å². The molecule has 0 saturated carbocycles. The molecule has 100 valence electrons. The molecule has 1 saturated heterocycles. The Hall–Kier alpha value is -1.06. The molecule has 2 rings (SSSR count). The number of nitrogens with zero attached hydrogens (tertiary/aromatic N) is 2. The zero-order valence-electron chi connectivity index (χ0n) is 11.6. The molecule has 1 fully saturated rings. The lowest BCUT2D eigenvalue weighted by Gasteiger charge is -2.37. The van der Waals surface area contributed by atoms with Gasteiger partial charge in [0.25, 0.3) is 0 Å². The van der Waals surface area contributed by atoms with Gasteiger partial charge in [0, 0.05) is 38.4 Å². The Morgan fingerprint density at radius 3 is 2.33 bits per heavy atom. The predicted octanol–water partition coefficient (Wildman–Crippen LogP) is 2.07. The molecule has 0 spiro atoms. The van der Waals surface area contributed by atoms with Crippen LogP contribution in [0.5, 0.6) is 0 Å². The van der Waals surface area contributed by atoms with Crippen LogP contribution < -0.4 is 10.6 Å². The van der Waals surface area contributed by atoms with Crippen molar-refractivity contribution < 1.29 is 0 Å². The Morgan fingerprint density at radius 2 is 1.83 bits per heavy atom. The molecule has 0 atom stereocenters. The molecular formula is C15H25N3. The van der Waals surface area contributed by atoms with E-state index in [1.807, 2.05) is 0 Å². The Kier molecular flexibility index (Phi) is 4.61. The van der Waals surface area contributed by atoms with Crippen LogP contribution in [0.15, 0.2) is 24.3 Å². The minimum atomic E-state index is 0.624. The van der Waals surface area contributed by atoms with E-state index in [2.05, 4.69) is 48.0 Å². The van der Waals surface area contributed by atoms with Crippen molar-refractivity contribution in [2.75, 3.05) is 31.6 Å². The van der Waals surface area contributed by atoms with Gasteiger partial charge < -0.3 is 15.5 Å². The van der Waals surface area contributed by atoms with Gasteiger partial charge in [0.15, 0.2) is 0 Å². The monoisotopic (exact) mass is 247 g/mol. The van der Waals surface area contributed by atoms with Gasteiger partial charge in [-0.1, -0.05) is 19.1 Å². The molecule has 1 aromatic carbocycles. The maximum Gasteiger partial charge on any atom is 0.0366 e. The van der Waals surface area contributed by atoms with Crippen LogP contribution >= 0.6 is 0 Å². The van der Waals surface area contributed by atoms with Crippen molar-refractivity contribution in [3.8, 4) is 0 Å². The standard InChI is InChI=1S/C15H25N3/c1-3-18-10-8-15(9-11-18)17(2)14-6-4-13(12-16)5-7-14/h4-7,15H,3,8-12,16H2,1-2H3. The summed E-state index contributed by atoms with van der Waals surface area (Å²) in [4.78, 5) is 4.95. The highest BCUT2D eigenvalue weighted by molar-refractivity contribution is 5.47. The molecule has 0 aliphatic carbocycles. The fraction of sp³-hybridized carbons (Fsp3) is 0.600. The fourth-order valence-electron chi connectivity index (χ4n) is 2.70. The number of nitrogens with two attached hydrogens (primary N) is 1. The molecule has 2 N–H and O–H groups in total. The van der Waals surface area contributed by atoms with Crippen LogP contribution in [-0.4, -0.2) is 37.6 Å². The Labute approximate surface area is 111 Å². The number of benzene rings is 1. The lowest BCUT2D eigenvalue weighted by Crippen LogP contribution is -2.43. The van der Waals surface area contributed by atoms with Crippen LogP contribution in [0, 0.1) is 0 Å². The van der Waals surface area contributed by atoms with E-state index in [-0.39, 0.29) is 0 Å². The minimum absolute atomic E-state index is 0.624. The van der Waals surface area contributed by atoms with Gasteiger partial charge in [-0.25, -0.2) is 0 Å². The molecule has 0 aromatic heterocycles. The third-order valence-corrected chi connectivity index (χ3v) is 4.13. The van der Waals surface area contributed by atoms with E-state index in [9.17, 15) is 0 Å². The van der Waals surface area contributed by atoms with Crippen molar-refractivity contribution >= 4 is 5.69 Å². The number of rotatable bonds is 4. The summed E-state index contributed by atoms with van der Waals surface area (Å²) in [6.07, 6.45) is 2.53. The molecule has 0 amide bonds. The Morgan fingerprint density at radius 1 is 1.22 bits per heavy atom. The number of anilines is 1. The van der Waals surface area contributed by atoms with Crippen LogP contribution in [-0.2, 0) is 6.54 Å². The average molecular weight is 247 g/mol. The summed E-state index contributed by atoms with van der Waals surface area (Å²) in [5.41, 5.74) is 8.14. The molecule has 1 aromatic rings. The number of piperidine rings is 1. The molecule has 0 unspecified atom stereocenters. The van der Waals surface area contributed by atoms with Crippen molar-refractivity contribution in [3.05, 3.63) is 29.8 Å². The summed E-state index contributed by atoms with van der Waals surface area (Å²) in [6, 6.07) is 9.32. The van der Waals surface area contributed by atoms with Crippen LogP contribution in [0.1, 0.15) is 25.3 Å². The van der Waals surface area contributed by atoms with E-state index < -0.39 is 0 Å². The smallest absolute Gasteiger partial charge is 0.0366 e. The predicted molar refractivity (Wildman–Crippen MR) is 77.9 cm³/mol. The largest absolute Gasteiger partial charge is 0.372 e. The van der Waals surface area contributed by atoms with E-state index in [0.29, 0.717) is 12.6 Å². The van der Waals surface area contributed by atoms with Crippen LogP contribution in [0.3, 0.4) is 0 Å². The van der Waals surface area contributed by atoms with E-state index in [1.54, 1.807) is 0 Å². The Bertz CT molecular complexity index is 353. The highest BCUT2D eigenvalue weighted by Gasteiger charge is 2.21. The summed E-state index contributed by atoms with van der Waals surface area (Å²) >= 11 is 0. The summed E-state index contributed by atoms with van der Waals surface area (Å²) in [5.74, 6) is 0. The van der Waals surface area contributed by atoms with Crippen molar-refractivity contribution in [2.45, 2.75) is 32.4 Å². The summed E-state index contributed by atoms with van der Waals surface area (Å²) < 4.78 is 0. The average Bonchev–Trinajstić information content (AvgIpc) is 2.47. The maximum absolute atomic E-state index is 5.63. The topological polar surface area (TPSA) is 32.5 Å². The normalized spacial score (nSPS) is 17.9. The van der Waals surface area contributed by atoms with E-state index in [0.717, 1.165) is 0 Å². The first kappa shape index (κ1) is 13.4. The summed E-state index contributed by atoms with van der Waals surface area (Å²) in [5, 5.41) is 0. The van der Waals surface area contributed by atoms with Crippen molar-refractivity contribution in [1.29, 1.82) is 0 Å². The van der Waals surface area contributed by atoms with Gasteiger partial charge in [0.05, 0.1) is 0 Å². The third kappa shape index (κ3) is 3.03. The van der Waals surface area contributed by atoms with E-state index in [4.69, 9.17) is 5.73 Å². The first-order valence-electron chi connectivity index (χ1n) is 6.98. The lowest BCUT2D eigenvalue weighted by atomic mass is 10.0. The highest BCUT2D eigenvalue weighted by Crippen LogP contribution is 2.22. The van der Waals surface area contributed by atoms with Gasteiger partial charge in [-0.3, -0.25) is 0 Å². The van der Waals surface area contributed by atoms with Gasteiger partial charge in [0.1, 0.15) is 0 Å². The maximum atomic E-state index is 5.63. The third-order valence-electron chi connectivity index (χ3n) is 4.13. The molecular weight excluding hydrogens is 222 g/mol. The lowest BCUT2D eigenvalue weighted by molar-refractivity contribution is 0.221. The minimum Gasteiger partial charge on any atom is -0.372 e. The molecule has 1 aliphatic heterocycles. The van der Waals surface area contributed by atoms with Gasteiger partial charge in [-0.05, 0) is 37.1 Å². The number of hydrogen-bond acceptors (Lipinski definition) is 3. The zero-order chi connectivity index (χ0) is 13.0. The van der Waals surface area contributed by atoms with Gasteiger partial charge in [-0.2, -0.15) is 0 Å². The van der Waals surface area contributed by atoms with Gasteiger partial charge >= 0.3 is 0 Å². The van der Waals surface area contributed by atoms with E-state index in [1.165, 1.54) is 43.7 Å². The van der Waals surface area contributed by atoms with Crippen LogP contribution in [0.4, 0.5) is 5.69 Å². The first-order valence-corrected chi connectivity index (χ1v) is 6.98. The molecule has 1 aliphatic rings. The summed E-state index contributed by atoms with van der Waals surface area (Å²) in [6.45, 7) is 6.51. The molecule has 0 radical (unpaired) electrons. The molecule has 3 heteroatoms. The molecule has 1 heterocycles. The Balaban J connectivity index is 1.96. The fourth-order valence-corrected chi connectivity index (χ4v) is 2.70. The highest BCUT2D eigenvalue weighted by atomic mass is 15.2. The molecule has 18 heavy (non-hydrogen) atoms. The quantitative estimate of drug-likeness (QED) is 0.884. The first-order chi connectivity index (χ1) is 8.74. The van der Waals surface area contributed by atoms with Crippen molar-refractivity contribution in [2.24, 2.45) is 5.73 Å². The van der Waals surface area contributed by atoms with Crippen molar-refractivity contribution in [3.63, 3.8) is 0 Å². The second-order valence-electron chi connectivity index (χ2n) is 5.15. The SMILES string of the molecule is CCN1CCC(N(C)c2ccc(CN)cc2)CC1. The molecule has 0 bridgehead atoms. The summed E-state index contributed by atoms with van der Waals surface area (Å²) in [7, 11) is 2.21. The van der Waals surface area contributed by atoms with Gasteiger partial charge in [-0.15, -0.1) is 0 Å². The van der Waals surface area contributed by atoms with Crippen molar-refractivity contribution in [1.82, 2.24) is 4.90 Å². The van der Waals surface area contributed by atoms with Gasteiger partial charge in [0.2, 0.25) is 0 Å². The van der Waals surface area contributed by atoms with Crippen LogP contribution in [0.2, 0.25) is 0 Å². The molecule has 3 nitrogen and oxygen atoms in total. The van der Waals surface area contributed by atoms with Crippen LogP contribution in [0.25, 0.3) is 0 Å². The number of hydrogen-bond donors (Lipinski definition) is 1. The number of likely N-dealkylation sites (tertiary alicyclic amines) is 1. The second kappa shape index (κ2) is 6.21. The zero-order valence-corrected chi connectivity index (χ0v) is 11.6. The second-order valence-corrected chi connectivity index (χ2v) is 5.15.